The van der Waals surface area contributed by atoms with Crippen LogP contribution in [0, 0.1) is 12.8 Å². The molecule has 0 radical (unpaired) electrons. The number of likely N-dealkylation sites (tertiary alicyclic amines) is 1. The van der Waals surface area contributed by atoms with Crippen LogP contribution in [0.1, 0.15) is 27.5 Å². The van der Waals surface area contributed by atoms with Crippen molar-refractivity contribution in [2.45, 2.75) is 13.0 Å². The molecular weight excluding hydrogens is 396 g/mol. The van der Waals surface area contributed by atoms with E-state index in [1.807, 2.05) is 32.3 Å². The Morgan fingerprint density at radius 3 is 2.39 bits per heavy atom. The monoisotopic (exact) mass is 425 g/mol. The van der Waals surface area contributed by atoms with Gasteiger partial charge in [0.2, 0.25) is 5.78 Å². The van der Waals surface area contributed by atoms with Gasteiger partial charge in [-0.15, -0.1) is 0 Å². The summed E-state index contributed by atoms with van der Waals surface area (Å²) in [6.07, 6.45) is 0. The number of likely N-dealkylation sites (N-methyl/N-ethyl adjacent to an activating group) is 1. The van der Waals surface area contributed by atoms with Crippen LogP contribution in [0.5, 0.6) is 11.5 Å². The number of carbonyl (C=O) groups excluding carboxylic acids is 3. The Morgan fingerprint density at radius 2 is 1.77 bits per heavy atom. The van der Waals surface area contributed by atoms with Gasteiger partial charge >= 0.3 is 0 Å². The van der Waals surface area contributed by atoms with Crippen molar-refractivity contribution in [2.75, 3.05) is 41.4 Å². The Labute approximate surface area is 182 Å². The number of methoxy groups -OCH3 is 2. The van der Waals surface area contributed by atoms with E-state index in [-0.39, 0.29) is 5.78 Å². The Kier molecular flexibility index (Phi) is 6.75. The van der Waals surface area contributed by atoms with Crippen molar-refractivity contribution in [1.29, 1.82) is 0 Å². The van der Waals surface area contributed by atoms with Gasteiger partial charge in [0.1, 0.15) is 17.4 Å². The van der Waals surface area contributed by atoms with Gasteiger partial charge in [-0.2, -0.15) is 0 Å². The van der Waals surface area contributed by atoms with Crippen LogP contribution in [-0.2, 0) is 9.59 Å². The van der Waals surface area contributed by atoms with Crippen molar-refractivity contribution >= 4 is 17.5 Å². The zero-order valence-corrected chi connectivity index (χ0v) is 18.6. The molecule has 1 N–H and O–H groups in total. The second-order valence-electron chi connectivity index (χ2n) is 8.03. The summed E-state index contributed by atoms with van der Waals surface area (Å²) in [5, 5.41) is 0. The third kappa shape index (κ3) is 4.32. The molecule has 0 spiro atoms. The summed E-state index contributed by atoms with van der Waals surface area (Å²) in [7, 11) is 7.04. The molecule has 1 fully saturated rings. The highest BCUT2D eigenvalue weighted by atomic mass is 16.5. The number of amides is 1. The number of ketones is 2. The molecule has 1 amide bonds. The molecule has 2 atom stereocenters. The summed E-state index contributed by atoms with van der Waals surface area (Å²) in [6.45, 7) is 2.80. The van der Waals surface area contributed by atoms with E-state index in [0.29, 0.717) is 41.3 Å². The minimum Gasteiger partial charge on any atom is -0.497 e. The van der Waals surface area contributed by atoms with Crippen LogP contribution in [-0.4, -0.2) is 63.8 Å². The molecule has 31 heavy (non-hydrogen) atoms. The molecule has 0 bridgehead atoms. The van der Waals surface area contributed by atoms with E-state index in [9.17, 15) is 14.4 Å². The van der Waals surface area contributed by atoms with Gasteiger partial charge in [0.05, 0.1) is 47.4 Å². The van der Waals surface area contributed by atoms with Crippen LogP contribution in [0.2, 0.25) is 0 Å². The van der Waals surface area contributed by atoms with Gasteiger partial charge in [-0.1, -0.05) is 18.2 Å². The van der Waals surface area contributed by atoms with E-state index < -0.39 is 23.7 Å². The molecule has 1 aliphatic heterocycles. The Balaban J connectivity index is 2.10. The average molecular weight is 426 g/mol. The number of aryl methyl sites for hydroxylation is 1. The second-order valence-corrected chi connectivity index (χ2v) is 8.03. The quantitative estimate of drug-likeness (QED) is 0.390. The number of nitrogens with zero attached hydrogens (tertiary/aromatic N) is 1. The summed E-state index contributed by atoms with van der Waals surface area (Å²) >= 11 is 0. The lowest BCUT2D eigenvalue weighted by Crippen LogP contribution is -3.06. The Hall–Kier alpha value is -3.19. The predicted octanol–water partition coefficient (Wildman–Crippen LogP) is 1.11. The summed E-state index contributed by atoms with van der Waals surface area (Å²) < 4.78 is 10.7. The molecule has 1 heterocycles. The number of hydrogen-bond acceptors (Lipinski definition) is 5. The summed E-state index contributed by atoms with van der Waals surface area (Å²) in [4.78, 5) is 42.4. The summed E-state index contributed by atoms with van der Waals surface area (Å²) in [6, 6.07) is 11.6. The molecule has 2 aromatic rings. The fraction of sp³-hybridized carbons (Fsp3) is 0.375. The SMILES string of the molecule is COc1ccc(C(=O)C2C(=O)C(=O)N(CC[NH+](C)C)C2c2ccccc2OC)c(C)c1. The minimum absolute atomic E-state index is 0.362. The molecule has 0 aliphatic carbocycles. The number of Topliss-reactive ketones (excluding diaryl/α,β-unsaturated/α-hetero) is 2. The standard InChI is InChI=1S/C24H28N2O5/c1-15-14-16(30-4)10-11-17(15)22(27)20-21(18-8-6-7-9-19(18)31-5)26(13-12-25(2)3)24(29)23(20)28/h6-11,14,20-21H,12-13H2,1-5H3/p+1. The number of carbonyl (C=O) groups is 3. The zero-order valence-electron chi connectivity index (χ0n) is 18.6. The maximum atomic E-state index is 13.6. The summed E-state index contributed by atoms with van der Waals surface area (Å²) in [5.41, 5.74) is 1.76. The van der Waals surface area contributed by atoms with Crippen molar-refractivity contribution in [1.82, 2.24) is 4.90 Å². The molecule has 164 valence electrons. The molecular formula is C24H29N2O5+. The van der Waals surface area contributed by atoms with Crippen molar-refractivity contribution in [3.63, 3.8) is 0 Å². The van der Waals surface area contributed by atoms with Crippen LogP contribution in [0.15, 0.2) is 42.5 Å². The molecule has 0 saturated carbocycles. The third-order valence-electron chi connectivity index (χ3n) is 5.70. The van der Waals surface area contributed by atoms with Crippen LogP contribution in [0.25, 0.3) is 0 Å². The highest BCUT2D eigenvalue weighted by molar-refractivity contribution is 6.44. The van der Waals surface area contributed by atoms with Gasteiger partial charge in [-0.05, 0) is 36.8 Å². The molecule has 0 aromatic heterocycles. The Bertz CT molecular complexity index is 1000. The first-order valence-electron chi connectivity index (χ1n) is 10.3. The topological polar surface area (TPSA) is 77.4 Å². The van der Waals surface area contributed by atoms with E-state index in [0.717, 1.165) is 4.90 Å². The van der Waals surface area contributed by atoms with E-state index >= 15 is 0 Å². The first-order valence-corrected chi connectivity index (χ1v) is 10.3. The largest absolute Gasteiger partial charge is 0.497 e. The molecule has 7 heteroatoms. The van der Waals surface area contributed by atoms with Gasteiger partial charge < -0.3 is 19.3 Å². The predicted molar refractivity (Wildman–Crippen MR) is 116 cm³/mol. The fourth-order valence-electron chi connectivity index (χ4n) is 4.04. The molecule has 2 aromatic carbocycles. The van der Waals surface area contributed by atoms with Crippen LogP contribution >= 0.6 is 0 Å². The van der Waals surface area contributed by atoms with Crippen LogP contribution in [0.4, 0.5) is 0 Å². The van der Waals surface area contributed by atoms with E-state index in [4.69, 9.17) is 9.47 Å². The molecule has 2 unspecified atom stereocenters. The first kappa shape index (κ1) is 22.5. The van der Waals surface area contributed by atoms with Gasteiger partial charge in [-0.3, -0.25) is 14.4 Å². The van der Waals surface area contributed by atoms with Gasteiger partial charge in [0.25, 0.3) is 5.91 Å². The average Bonchev–Trinajstić information content (AvgIpc) is 3.01. The van der Waals surface area contributed by atoms with Crippen molar-refractivity contribution in [2.24, 2.45) is 5.92 Å². The van der Waals surface area contributed by atoms with Gasteiger partial charge in [0.15, 0.2) is 5.78 Å². The number of nitrogens with one attached hydrogen (secondary N) is 1. The number of benzene rings is 2. The minimum atomic E-state index is -1.13. The lowest BCUT2D eigenvalue weighted by atomic mass is 9.84. The number of quaternary nitrogens is 1. The number of hydrogen-bond donors (Lipinski definition) is 1. The van der Waals surface area contributed by atoms with Crippen LogP contribution < -0.4 is 14.4 Å². The van der Waals surface area contributed by atoms with E-state index in [2.05, 4.69) is 0 Å². The van der Waals surface area contributed by atoms with E-state index in [1.54, 1.807) is 38.3 Å². The molecule has 3 rings (SSSR count). The normalized spacial score (nSPS) is 18.6. The molecule has 1 saturated heterocycles. The highest BCUT2D eigenvalue weighted by Gasteiger charge is 2.52. The fourth-order valence-corrected chi connectivity index (χ4v) is 4.04. The zero-order chi connectivity index (χ0) is 22.7. The maximum absolute atomic E-state index is 13.6. The highest BCUT2D eigenvalue weighted by Crippen LogP contribution is 2.41. The number of ether oxygens (including phenoxy) is 2. The lowest BCUT2D eigenvalue weighted by Gasteiger charge is -2.28. The first-order chi connectivity index (χ1) is 14.8. The van der Waals surface area contributed by atoms with Crippen molar-refractivity contribution in [3.05, 3.63) is 59.2 Å². The maximum Gasteiger partial charge on any atom is 0.291 e. The second kappa shape index (κ2) is 9.31. The smallest absolute Gasteiger partial charge is 0.291 e. The Morgan fingerprint density at radius 1 is 1.06 bits per heavy atom. The lowest BCUT2D eigenvalue weighted by molar-refractivity contribution is -0.857. The van der Waals surface area contributed by atoms with Gasteiger partial charge in [-0.25, -0.2) is 0 Å². The third-order valence-corrected chi connectivity index (χ3v) is 5.70. The number of para-hydroxylation sites is 1. The molecule has 7 nitrogen and oxygen atoms in total. The van der Waals surface area contributed by atoms with E-state index in [1.165, 1.54) is 12.0 Å². The van der Waals surface area contributed by atoms with Gasteiger partial charge in [0, 0.05) is 11.1 Å². The van der Waals surface area contributed by atoms with Crippen molar-refractivity contribution in [3.8, 4) is 11.5 Å². The van der Waals surface area contributed by atoms with Crippen molar-refractivity contribution < 1.29 is 28.8 Å². The summed E-state index contributed by atoms with van der Waals surface area (Å²) in [5.74, 6) is -1.63. The van der Waals surface area contributed by atoms with Crippen LogP contribution in [0.3, 0.4) is 0 Å². The number of rotatable bonds is 8. The molecule has 1 aliphatic rings.